The fourth-order valence-electron chi connectivity index (χ4n) is 10.3. The Morgan fingerprint density at radius 2 is 0.973 bits per heavy atom. The summed E-state index contributed by atoms with van der Waals surface area (Å²) < 4.78 is 31.6. The van der Waals surface area contributed by atoms with Gasteiger partial charge in [-0.2, -0.15) is 15.0 Å². The molecule has 73 heavy (non-hydrogen) atoms. The van der Waals surface area contributed by atoms with Crippen LogP contribution in [-0.2, 0) is 19.2 Å². The number of carbonyl (C=O) groups is 4. The monoisotopic (exact) mass is 1000 g/mol. The normalized spacial score (nSPS) is 25.3. The van der Waals surface area contributed by atoms with E-state index in [1.54, 1.807) is 4.52 Å². The molecule has 6 saturated carbocycles. The van der Waals surface area contributed by atoms with Crippen LogP contribution in [-0.4, -0.2) is 91.5 Å². The molecule has 2 unspecified atom stereocenters. The van der Waals surface area contributed by atoms with Gasteiger partial charge in [0.2, 0.25) is 41.5 Å². The summed E-state index contributed by atoms with van der Waals surface area (Å²) >= 11 is 0. The Hall–Kier alpha value is -6.74. The Morgan fingerprint density at radius 1 is 0.534 bits per heavy atom. The number of rotatable bonds is 11. The summed E-state index contributed by atoms with van der Waals surface area (Å²) in [5.74, 6) is -2.23. The maximum atomic E-state index is 13.1. The van der Waals surface area contributed by atoms with Crippen molar-refractivity contribution in [2.75, 3.05) is 16.0 Å². The summed E-state index contributed by atoms with van der Waals surface area (Å²) in [5, 5.41) is 24.6. The van der Waals surface area contributed by atoms with Gasteiger partial charge in [0.25, 0.3) is 5.92 Å². The number of nitrogens with one attached hydrogen (secondary N) is 4. The van der Waals surface area contributed by atoms with Gasteiger partial charge in [-0.15, -0.1) is 15.3 Å². The number of amides is 4. The number of hydrogen-bond donors (Lipinski definition) is 6. The highest BCUT2D eigenvalue weighted by atomic mass is 19.3. The molecule has 7 aliphatic rings. The van der Waals surface area contributed by atoms with E-state index in [0.717, 1.165) is 132 Å². The van der Waals surface area contributed by atoms with E-state index in [9.17, 15) is 28.0 Å². The van der Waals surface area contributed by atoms with Crippen LogP contribution in [0.5, 0.6) is 0 Å². The molecule has 21 heteroatoms. The average molecular weight is 1000 g/mol. The molecule has 0 radical (unpaired) electrons. The van der Waals surface area contributed by atoms with E-state index in [2.05, 4.69) is 63.7 Å². The van der Waals surface area contributed by atoms with Crippen molar-refractivity contribution in [3.8, 4) is 0 Å². The molecule has 0 aliphatic heterocycles. The van der Waals surface area contributed by atoms with Gasteiger partial charge in [-0.3, -0.25) is 35.1 Å². The fraction of sp³-hybridized carbons (Fsp3) is 0.538. The molecule has 8 N–H and O–H groups in total. The van der Waals surface area contributed by atoms with E-state index in [4.69, 9.17) is 11.5 Å². The molecular formula is C52H63F2N15O4. The lowest BCUT2D eigenvalue weighted by molar-refractivity contribution is -0.125. The molecule has 6 aromatic rings. The van der Waals surface area contributed by atoms with E-state index in [1.165, 1.54) is 11.3 Å². The maximum Gasteiger partial charge on any atom is 0.260 e. The van der Waals surface area contributed by atoms with Gasteiger partial charge in [-0.1, -0.05) is 24.3 Å². The van der Waals surface area contributed by atoms with Gasteiger partial charge in [-0.05, 0) is 151 Å². The number of nitrogens with two attached hydrogens (primary N) is 2. The first-order valence-electron chi connectivity index (χ1n) is 26.2. The molecule has 0 bridgehead atoms. The van der Waals surface area contributed by atoms with Crippen LogP contribution in [0, 0.1) is 23.7 Å². The van der Waals surface area contributed by atoms with Crippen LogP contribution in [0.1, 0.15) is 144 Å². The molecule has 384 valence electrons. The second kappa shape index (κ2) is 20.3. The molecule has 4 amide bonds. The lowest BCUT2D eigenvalue weighted by Gasteiger charge is -2.29. The van der Waals surface area contributed by atoms with Crippen molar-refractivity contribution in [2.45, 2.75) is 151 Å². The first-order valence-corrected chi connectivity index (χ1v) is 26.2. The molecule has 2 atom stereocenters. The zero-order valence-corrected chi connectivity index (χ0v) is 40.8. The highest BCUT2D eigenvalue weighted by Crippen LogP contribution is 2.49. The third kappa shape index (κ3) is 11.4. The maximum absolute atomic E-state index is 13.1. The van der Waals surface area contributed by atoms with E-state index in [1.807, 2.05) is 57.6 Å². The summed E-state index contributed by atoms with van der Waals surface area (Å²) in [5.41, 5.74) is 18.6. The van der Waals surface area contributed by atoms with Gasteiger partial charge in [0.05, 0.1) is 5.69 Å². The number of anilines is 3. The van der Waals surface area contributed by atoms with Gasteiger partial charge in [-0.25, -0.2) is 22.3 Å². The Morgan fingerprint density at radius 3 is 1.41 bits per heavy atom. The van der Waals surface area contributed by atoms with Gasteiger partial charge in [0.15, 0.2) is 16.9 Å². The number of nitrogens with zero attached hydrogens (tertiary/aromatic N) is 9. The highest BCUT2D eigenvalue weighted by Gasteiger charge is 2.61. The summed E-state index contributed by atoms with van der Waals surface area (Å²) in [4.78, 5) is 60.8. The number of fused-ring (bicyclic) bond motifs is 3. The van der Waals surface area contributed by atoms with Crippen LogP contribution in [0.15, 0.2) is 60.7 Å². The number of carbonyl (C=O) groups excluding carboxylic acids is 4. The number of alkyl halides is 2. The van der Waals surface area contributed by atoms with Crippen LogP contribution in [0.25, 0.3) is 22.5 Å². The second-order valence-corrected chi connectivity index (χ2v) is 21.2. The predicted molar refractivity (Wildman–Crippen MR) is 268 cm³/mol. The molecule has 0 spiro atoms. The van der Waals surface area contributed by atoms with Crippen molar-refractivity contribution < 1.29 is 28.0 Å². The van der Waals surface area contributed by atoms with E-state index in [-0.39, 0.29) is 59.9 Å². The average Bonchev–Trinajstić information content (AvgIpc) is 4.21. The van der Waals surface area contributed by atoms with Crippen molar-refractivity contribution in [1.82, 2.24) is 49.1 Å². The minimum absolute atomic E-state index is 0.0278. The molecule has 7 aliphatic carbocycles. The number of aromatic nitrogens is 9. The van der Waals surface area contributed by atoms with Crippen LogP contribution in [0.2, 0.25) is 0 Å². The zero-order chi connectivity index (χ0) is 50.4. The van der Waals surface area contributed by atoms with Gasteiger partial charge in [0.1, 0.15) is 5.92 Å². The van der Waals surface area contributed by atoms with Crippen LogP contribution < -0.4 is 32.7 Å². The zero-order valence-electron chi connectivity index (χ0n) is 40.8. The van der Waals surface area contributed by atoms with E-state index < -0.39 is 17.7 Å². The van der Waals surface area contributed by atoms with Crippen molar-refractivity contribution in [3.63, 3.8) is 0 Å². The molecule has 6 fully saturated rings. The lowest BCUT2D eigenvalue weighted by atomic mass is 9.83. The number of allylic oxidation sites excluding steroid dienone is 1. The number of pyridine rings is 3. The topological polar surface area (TPSA) is 259 Å². The summed E-state index contributed by atoms with van der Waals surface area (Å²) in [6, 6.07) is 18.3. The van der Waals surface area contributed by atoms with E-state index >= 15 is 0 Å². The Kier molecular flexibility index (Phi) is 13.5. The molecule has 0 saturated heterocycles. The minimum Gasteiger partial charge on any atom is -0.353 e. The molecule has 13 rings (SSSR count). The SMILES string of the molecule is NC1CC=C(c2cccc3nc(NC(=O)C4CC4)nn23)CC1.NC1CCC(c2cccc3nc(NC(=O)C4CC4)nn23)CC1.O=C(Nc1nc2cccc(C3CCC(NC(=O)C4CC4(F)F)CC3)n2n1)C1CC1. The Bertz CT molecular complexity index is 3070. The fourth-order valence-corrected chi connectivity index (χ4v) is 10.3. The number of hydrogen-bond acceptors (Lipinski definition) is 12. The predicted octanol–water partition coefficient (Wildman–Crippen LogP) is 6.91. The van der Waals surface area contributed by atoms with Gasteiger partial charge >= 0.3 is 0 Å². The number of halogens is 2. The molecule has 19 nitrogen and oxygen atoms in total. The highest BCUT2D eigenvalue weighted by molar-refractivity contribution is 5.94. The molecule has 6 aromatic heterocycles. The van der Waals surface area contributed by atoms with Crippen LogP contribution >= 0.6 is 0 Å². The Balaban J connectivity index is 0.000000120. The standard InChI is InChI=1S/C20H23F2N5O2.C16H21N5O.C16H19N5O/c21-20(22)10-14(20)18(29)23-13-8-6-11(7-9-13)15-2-1-3-16-24-19(26-27(15)16)25-17(28)12-4-5-12;2*17-12-8-6-10(7-9-12)13-2-1-3-14-18-16(20-21(13)14)19-15(22)11-4-5-11/h1-3,11-14H,4-10H2,(H,23,29)(H,25,26,28);1-3,10-12H,4-9,17H2,(H,19,20,22);1-3,6,11-12H,4-5,7-9,17H2,(H,19,20,22). The van der Waals surface area contributed by atoms with Crippen molar-refractivity contribution in [1.29, 1.82) is 0 Å². The van der Waals surface area contributed by atoms with Crippen molar-refractivity contribution in [2.24, 2.45) is 35.1 Å². The minimum atomic E-state index is -2.82. The first kappa shape index (κ1) is 48.5. The van der Waals surface area contributed by atoms with Crippen molar-refractivity contribution in [3.05, 3.63) is 77.8 Å². The third-order valence-corrected chi connectivity index (χ3v) is 15.3. The quantitative estimate of drug-likeness (QED) is 0.0774. The Labute approximate surface area is 420 Å². The van der Waals surface area contributed by atoms with Gasteiger partial charge < -0.3 is 16.8 Å². The molecule has 6 heterocycles. The summed E-state index contributed by atoms with van der Waals surface area (Å²) in [6.07, 6.45) is 17.8. The second-order valence-electron chi connectivity index (χ2n) is 21.2. The van der Waals surface area contributed by atoms with Gasteiger partial charge in [0, 0.05) is 65.5 Å². The summed E-state index contributed by atoms with van der Waals surface area (Å²) in [7, 11) is 0. The largest absolute Gasteiger partial charge is 0.353 e. The third-order valence-electron chi connectivity index (χ3n) is 15.3. The van der Waals surface area contributed by atoms with E-state index in [0.29, 0.717) is 35.5 Å². The molecular weight excluding hydrogens is 937 g/mol. The first-order chi connectivity index (χ1) is 35.3. The van der Waals surface area contributed by atoms with Crippen LogP contribution in [0.3, 0.4) is 0 Å². The summed E-state index contributed by atoms with van der Waals surface area (Å²) in [6.45, 7) is 0. The molecule has 0 aromatic carbocycles. The lowest BCUT2D eigenvalue weighted by Crippen LogP contribution is -2.39. The van der Waals surface area contributed by atoms with Crippen LogP contribution in [0.4, 0.5) is 26.6 Å². The van der Waals surface area contributed by atoms with Crippen molar-refractivity contribution >= 4 is 64.0 Å². The smallest absolute Gasteiger partial charge is 0.260 e.